The highest BCUT2D eigenvalue weighted by Crippen LogP contribution is 2.21. The quantitative estimate of drug-likeness (QED) is 0.0211. The van der Waals surface area contributed by atoms with Crippen LogP contribution in [0.25, 0.3) is 0 Å². The molecule has 558 valence electrons. The van der Waals surface area contributed by atoms with E-state index in [9.17, 15) is 19.5 Å². The largest absolute Gasteiger partial charge is 0.477 e. The van der Waals surface area contributed by atoms with Crippen LogP contribution in [0.3, 0.4) is 0 Å². The van der Waals surface area contributed by atoms with Gasteiger partial charge in [0.15, 0.2) is 6.10 Å². The van der Waals surface area contributed by atoms with Crippen LogP contribution in [0.1, 0.15) is 425 Å². The van der Waals surface area contributed by atoms with Crippen molar-refractivity contribution in [3.05, 3.63) is 48.6 Å². The number of unbranched alkanes of at least 4 members (excludes halogenated alkanes) is 56. The monoisotopic (exact) mass is 1340 g/mol. The molecule has 1 N–H and O–H groups in total. The lowest BCUT2D eigenvalue weighted by molar-refractivity contribution is -0.870. The van der Waals surface area contributed by atoms with E-state index in [0.29, 0.717) is 17.4 Å². The van der Waals surface area contributed by atoms with Gasteiger partial charge in [-0.3, -0.25) is 9.59 Å². The van der Waals surface area contributed by atoms with E-state index in [0.717, 1.165) is 64.2 Å². The van der Waals surface area contributed by atoms with E-state index in [1.54, 1.807) is 0 Å². The summed E-state index contributed by atoms with van der Waals surface area (Å²) >= 11 is 0. The van der Waals surface area contributed by atoms with Crippen LogP contribution in [0.15, 0.2) is 48.6 Å². The molecule has 0 aromatic rings. The molecule has 95 heavy (non-hydrogen) atoms. The lowest BCUT2D eigenvalue weighted by atomic mass is 10.0. The lowest BCUT2D eigenvalue weighted by Crippen LogP contribution is -2.40. The summed E-state index contributed by atoms with van der Waals surface area (Å²) in [5, 5.41) is 9.78. The van der Waals surface area contributed by atoms with Gasteiger partial charge in [0.05, 0.1) is 34.4 Å². The normalized spacial score (nSPS) is 12.8. The number of carboxylic acid groups (broad SMARTS) is 1. The first kappa shape index (κ1) is 92.2. The van der Waals surface area contributed by atoms with Crippen molar-refractivity contribution in [1.82, 2.24) is 0 Å². The Morgan fingerprint density at radius 1 is 0.326 bits per heavy atom. The summed E-state index contributed by atoms with van der Waals surface area (Å²) in [6.07, 6.45) is 98.7. The SMILES string of the molecule is CC/C=C\C/C=C\C/C=C\C/C=C\CCCCCCCCCCCCCCCCCCCCCCCCCCCCCCC(=O)OC(COC(=O)CCCCCCCCCCCCCCCCCCCCCCCCCCCCCCC)COC(OCC[N+](C)(C)C)C(=O)O. The molecule has 0 aromatic heterocycles. The van der Waals surface area contributed by atoms with Crippen LogP contribution in [0, 0.1) is 0 Å². The molecule has 0 radical (unpaired) electrons. The van der Waals surface area contributed by atoms with Crippen LogP contribution in [0.2, 0.25) is 0 Å². The maximum Gasteiger partial charge on any atom is 0.361 e. The topological polar surface area (TPSA) is 108 Å². The summed E-state index contributed by atoms with van der Waals surface area (Å²) in [4.78, 5) is 37.8. The second kappa shape index (κ2) is 77.0. The number of likely N-dealkylation sites (N-methyl/N-ethyl adjacent to an activating group) is 1. The molecule has 0 spiro atoms. The van der Waals surface area contributed by atoms with E-state index in [4.69, 9.17) is 18.9 Å². The van der Waals surface area contributed by atoms with Gasteiger partial charge in [0.2, 0.25) is 0 Å². The molecule has 2 unspecified atom stereocenters. The number of ether oxygens (including phenoxy) is 4. The highest BCUT2D eigenvalue weighted by atomic mass is 16.7. The van der Waals surface area contributed by atoms with Gasteiger partial charge in [0, 0.05) is 12.8 Å². The standard InChI is InChI=1S/C86H161NO8/c1-6-8-10-12-14-16-18-20-22-24-26-28-30-32-34-36-37-38-39-40-41-42-43-44-45-46-47-49-51-53-55-57-59-61-63-65-67-69-71-73-75-77-84(89)95-82(81-94-86(85(90)91)92-79-78-87(3,4)5)80-93-83(88)76-74-72-70-68-66-64-62-60-58-56-54-52-50-48-35-33-31-29-27-25-23-21-19-17-15-13-11-9-7-2/h8,10,14,16,20,22,26,28,82,86H,6-7,9,11-13,15,17-19,21,23-25,27,29-81H2,1-5H3/p+1/b10-8-,16-14-,22-20-,28-26-. The highest BCUT2D eigenvalue weighted by molar-refractivity contribution is 5.71. The number of allylic oxidation sites excluding steroid dienone is 8. The first-order chi connectivity index (χ1) is 46.6. The first-order valence-corrected chi connectivity index (χ1v) is 41.8. The van der Waals surface area contributed by atoms with Crippen LogP contribution < -0.4 is 0 Å². The summed E-state index contributed by atoms with van der Waals surface area (Å²) in [5.41, 5.74) is 0. The molecule has 9 heteroatoms. The van der Waals surface area contributed by atoms with Gasteiger partial charge in [-0.15, -0.1) is 0 Å². The zero-order valence-electron chi connectivity index (χ0n) is 64.1. The third-order valence-electron chi connectivity index (χ3n) is 19.1. The fraction of sp³-hybridized carbons (Fsp3) is 0.872. The molecule has 0 fully saturated rings. The fourth-order valence-corrected chi connectivity index (χ4v) is 12.8. The number of esters is 2. The molecule has 0 heterocycles. The Labute approximate surface area is 591 Å². The number of carbonyl (C=O) groups excluding carboxylic acids is 2. The van der Waals surface area contributed by atoms with Crippen LogP contribution in [-0.4, -0.2) is 87.4 Å². The Bertz CT molecular complexity index is 1700. The van der Waals surface area contributed by atoms with Crippen molar-refractivity contribution >= 4 is 17.9 Å². The molecule has 2 atom stereocenters. The number of carbonyl (C=O) groups is 3. The number of carboxylic acids is 1. The summed E-state index contributed by atoms with van der Waals surface area (Å²) < 4.78 is 23.1. The van der Waals surface area contributed by atoms with Gasteiger partial charge < -0.3 is 28.5 Å². The smallest absolute Gasteiger partial charge is 0.361 e. The van der Waals surface area contributed by atoms with E-state index in [-0.39, 0.29) is 38.2 Å². The molecule has 0 aromatic carbocycles. The van der Waals surface area contributed by atoms with Crippen molar-refractivity contribution < 1.29 is 42.9 Å². The van der Waals surface area contributed by atoms with E-state index in [1.165, 1.54) is 334 Å². The van der Waals surface area contributed by atoms with Gasteiger partial charge in [-0.25, -0.2) is 4.79 Å². The zero-order chi connectivity index (χ0) is 69.0. The van der Waals surface area contributed by atoms with Gasteiger partial charge >= 0.3 is 17.9 Å². The Morgan fingerprint density at radius 3 is 0.895 bits per heavy atom. The Hall–Kier alpha value is -2.75. The number of hydrogen-bond acceptors (Lipinski definition) is 7. The minimum Gasteiger partial charge on any atom is -0.477 e. The summed E-state index contributed by atoms with van der Waals surface area (Å²) in [6.45, 7) is 4.85. The van der Waals surface area contributed by atoms with Crippen molar-refractivity contribution in [3.63, 3.8) is 0 Å². The minimum absolute atomic E-state index is 0.174. The molecule has 9 nitrogen and oxygen atoms in total. The Morgan fingerprint density at radius 2 is 0.600 bits per heavy atom. The zero-order valence-corrected chi connectivity index (χ0v) is 64.1. The Kier molecular flexibility index (Phi) is 74.8. The number of rotatable bonds is 79. The number of quaternary nitrogens is 1. The van der Waals surface area contributed by atoms with Crippen LogP contribution in [0.5, 0.6) is 0 Å². The van der Waals surface area contributed by atoms with Gasteiger partial charge in [-0.1, -0.05) is 409 Å². The van der Waals surface area contributed by atoms with Gasteiger partial charge in [0.1, 0.15) is 13.2 Å². The predicted molar refractivity (Wildman–Crippen MR) is 410 cm³/mol. The molecule has 0 aliphatic carbocycles. The van der Waals surface area contributed by atoms with Crippen molar-refractivity contribution in [1.29, 1.82) is 0 Å². The van der Waals surface area contributed by atoms with E-state index < -0.39 is 18.4 Å². The molecule has 0 aliphatic heterocycles. The minimum atomic E-state index is -1.51. The molecular formula is C86H162NO8+. The maximum absolute atomic E-state index is 13.0. The molecule has 0 amide bonds. The van der Waals surface area contributed by atoms with Crippen molar-refractivity contribution in [2.24, 2.45) is 0 Å². The molecular weight excluding hydrogens is 1170 g/mol. The lowest BCUT2D eigenvalue weighted by Gasteiger charge is -2.25. The number of hydrogen-bond donors (Lipinski definition) is 1. The molecule has 0 saturated carbocycles. The van der Waals surface area contributed by atoms with Crippen LogP contribution >= 0.6 is 0 Å². The third-order valence-corrected chi connectivity index (χ3v) is 19.1. The second-order valence-corrected chi connectivity index (χ2v) is 29.8. The first-order valence-electron chi connectivity index (χ1n) is 41.8. The van der Waals surface area contributed by atoms with Crippen LogP contribution in [-0.2, 0) is 33.3 Å². The second-order valence-electron chi connectivity index (χ2n) is 29.8. The van der Waals surface area contributed by atoms with Crippen molar-refractivity contribution in [2.75, 3.05) is 47.5 Å². The molecule has 0 bridgehead atoms. The summed E-state index contributed by atoms with van der Waals surface area (Å²) in [6, 6.07) is 0. The van der Waals surface area contributed by atoms with Gasteiger partial charge in [-0.05, 0) is 51.4 Å². The molecule has 0 aliphatic rings. The van der Waals surface area contributed by atoms with E-state index in [1.807, 2.05) is 21.1 Å². The van der Waals surface area contributed by atoms with Gasteiger partial charge in [-0.2, -0.15) is 0 Å². The van der Waals surface area contributed by atoms with Gasteiger partial charge in [0.25, 0.3) is 6.29 Å². The molecule has 0 rings (SSSR count). The highest BCUT2D eigenvalue weighted by Gasteiger charge is 2.25. The molecule has 0 saturated heterocycles. The van der Waals surface area contributed by atoms with E-state index in [2.05, 4.69) is 62.5 Å². The maximum atomic E-state index is 13.0. The third kappa shape index (κ3) is 78.5. The summed E-state index contributed by atoms with van der Waals surface area (Å²) in [5.74, 6) is -1.97. The average molecular weight is 1340 g/mol. The van der Waals surface area contributed by atoms with Crippen LogP contribution in [0.4, 0.5) is 0 Å². The Balaban J connectivity index is 3.91. The number of nitrogens with zero attached hydrogens (tertiary/aromatic N) is 1. The predicted octanol–water partition coefficient (Wildman–Crippen LogP) is 26.8. The fourth-order valence-electron chi connectivity index (χ4n) is 12.8. The number of aliphatic carboxylic acids is 1. The average Bonchev–Trinajstić information content (AvgIpc) is 3.54. The van der Waals surface area contributed by atoms with Crippen molar-refractivity contribution in [3.8, 4) is 0 Å². The summed E-state index contributed by atoms with van der Waals surface area (Å²) in [7, 11) is 6.00. The van der Waals surface area contributed by atoms with Crippen molar-refractivity contribution in [2.45, 2.75) is 437 Å². The van der Waals surface area contributed by atoms with E-state index >= 15 is 0 Å².